The van der Waals surface area contributed by atoms with Crippen molar-refractivity contribution in [3.8, 4) is 0 Å². The maximum absolute atomic E-state index is 4.42. The van der Waals surface area contributed by atoms with Crippen LogP contribution in [0.1, 0.15) is 37.9 Å². The van der Waals surface area contributed by atoms with E-state index in [9.17, 15) is 0 Å². The summed E-state index contributed by atoms with van der Waals surface area (Å²) in [6.07, 6.45) is 11.3. The topological polar surface area (TPSA) is 21.1 Å². The van der Waals surface area contributed by atoms with Crippen LogP contribution in [0.25, 0.3) is 0 Å². The Balaban J connectivity index is 1.57. The summed E-state index contributed by atoms with van der Waals surface area (Å²) >= 11 is 0. The lowest BCUT2D eigenvalue weighted by Gasteiger charge is -2.32. The molecule has 3 rings (SSSR count). The van der Waals surface area contributed by atoms with Crippen molar-refractivity contribution in [2.24, 2.45) is 5.92 Å². The Morgan fingerprint density at radius 2 is 2.06 bits per heavy atom. The molecule has 1 fully saturated rings. The van der Waals surface area contributed by atoms with Crippen molar-refractivity contribution < 1.29 is 0 Å². The summed E-state index contributed by atoms with van der Waals surface area (Å²) in [5.74, 6) is 2.21. The van der Waals surface area contributed by atoms with Gasteiger partial charge in [0.05, 0.1) is 6.54 Å². The molecule has 0 amide bonds. The molecule has 0 unspecified atom stereocenters. The second-order valence-electron chi connectivity index (χ2n) is 5.28. The first-order valence-corrected chi connectivity index (χ1v) is 6.64. The van der Waals surface area contributed by atoms with Crippen LogP contribution < -0.4 is 0 Å². The van der Waals surface area contributed by atoms with Gasteiger partial charge in [-0.3, -0.25) is 4.90 Å². The Bertz CT molecular complexity index is 339. The summed E-state index contributed by atoms with van der Waals surface area (Å²) in [7, 11) is 0. The minimum Gasteiger partial charge on any atom is -0.333 e. The van der Waals surface area contributed by atoms with Gasteiger partial charge in [0.2, 0.25) is 0 Å². The zero-order chi connectivity index (χ0) is 10.8. The number of aromatic nitrogens is 2. The van der Waals surface area contributed by atoms with E-state index in [4.69, 9.17) is 0 Å². The Hall–Kier alpha value is -0.830. The van der Waals surface area contributed by atoms with Gasteiger partial charge < -0.3 is 4.57 Å². The summed E-state index contributed by atoms with van der Waals surface area (Å²) in [5, 5.41) is 0. The number of hydrogen-bond donors (Lipinski definition) is 0. The molecule has 0 aromatic carbocycles. The minimum absolute atomic E-state index is 0.954. The van der Waals surface area contributed by atoms with Crippen molar-refractivity contribution in [2.45, 2.75) is 45.2 Å². The molecular weight excluding hydrogens is 198 g/mol. The van der Waals surface area contributed by atoms with E-state index in [0.29, 0.717) is 0 Å². The lowest BCUT2D eigenvalue weighted by Crippen LogP contribution is -2.37. The van der Waals surface area contributed by atoms with Crippen molar-refractivity contribution in [2.75, 3.05) is 13.1 Å². The molecule has 3 heteroatoms. The van der Waals surface area contributed by atoms with Crippen LogP contribution in [0.2, 0.25) is 0 Å². The minimum atomic E-state index is 0.954. The molecule has 0 N–H and O–H groups in total. The fraction of sp³-hybridized carbons (Fsp3) is 0.769. The third kappa shape index (κ3) is 2.14. The summed E-state index contributed by atoms with van der Waals surface area (Å²) in [4.78, 5) is 7.02. The maximum atomic E-state index is 4.42. The van der Waals surface area contributed by atoms with Crippen LogP contribution in [0.15, 0.2) is 12.4 Å². The molecule has 0 atom stereocenters. The van der Waals surface area contributed by atoms with Crippen LogP contribution in [-0.2, 0) is 13.1 Å². The zero-order valence-electron chi connectivity index (χ0n) is 9.94. The first-order chi connectivity index (χ1) is 7.92. The van der Waals surface area contributed by atoms with E-state index < -0.39 is 0 Å². The average molecular weight is 219 g/mol. The van der Waals surface area contributed by atoms with E-state index in [1.54, 1.807) is 0 Å². The fourth-order valence-corrected chi connectivity index (χ4v) is 3.11. The molecule has 0 radical (unpaired) electrons. The predicted molar refractivity (Wildman–Crippen MR) is 64.1 cm³/mol. The standard InChI is InChI=1S/C13H21N3/c1-2-4-12(5-3-1)10-15-8-9-16-7-6-14-13(16)11-15/h6-7,12H,1-5,8-11H2. The highest BCUT2D eigenvalue weighted by atomic mass is 15.2. The van der Waals surface area contributed by atoms with Crippen molar-refractivity contribution in [1.29, 1.82) is 0 Å². The van der Waals surface area contributed by atoms with Crippen molar-refractivity contribution in [3.63, 3.8) is 0 Å². The van der Waals surface area contributed by atoms with Gasteiger partial charge in [-0.15, -0.1) is 0 Å². The number of imidazole rings is 1. The van der Waals surface area contributed by atoms with E-state index in [0.717, 1.165) is 19.0 Å². The van der Waals surface area contributed by atoms with Gasteiger partial charge in [-0.05, 0) is 18.8 Å². The van der Waals surface area contributed by atoms with E-state index >= 15 is 0 Å². The summed E-state index contributed by atoms with van der Waals surface area (Å²) in [6.45, 7) is 4.69. The molecule has 88 valence electrons. The lowest BCUT2D eigenvalue weighted by molar-refractivity contribution is 0.165. The predicted octanol–water partition coefficient (Wildman–Crippen LogP) is 2.28. The van der Waals surface area contributed by atoms with Gasteiger partial charge in [0.1, 0.15) is 5.82 Å². The second kappa shape index (κ2) is 4.58. The summed E-state index contributed by atoms with van der Waals surface area (Å²) in [5.41, 5.74) is 0. The van der Waals surface area contributed by atoms with Gasteiger partial charge in [-0.2, -0.15) is 0 Å². The van der Waals surface area contributed by atoms with Gasteiger partial charge in [0.15, 0.2) is 0 Å². The normalized spacial score (nSPS) is 23.2. The van der Waals surface area contributed by atoms with Gasteiger partial charge in [0.25, 0.3) is 0 Å². The molecule has 1 aliphatic carbocycles. The molecule has 0 saturated heterocycles. The fourth-order valence-electron chi connectivity index (χ4n) is 3.11. The molecule has 1 aromatic rings. The largest absolute Gasteiger partial charge is 0.333 e. The molecule has 0 spiro atoms. The lowest BCUT2D eigenvalue weighted by atomic mass is 9.89. The Morgan fingerprint density at radius 1 is 1.19 bits per heavy atom. The highest BCUT2D eigenvalue weighted by Gasteiger charge is 2.21. The smallest absolute Gasteiger partial charge is 0.122 e. The Morgan fingerprint density at radius 3 is 2.94 bits per heavy atom. The van der Waals surface area contributed by atoms with Crippen LogP contribution in [0.4, 0.5) is 0 Å². The Kier molecular flexibility index (Phi) is 2.96. The Labute approximate surface area is 97.5 Å². The first kappa shape index (κ1) is 10.3. The highest BCUT2D eigenvalue weighted by molar-refractivity contribution is 4.95. The van der Waals surface area contributed by atoms with Crippen LogP contribution in [0, 0.1) is 5.92 Å². The molecule has 0 bridgehead atoms. The van der Waals surface area contributed by atoms with Crippen molar-refractivity contribution in [1.82, 2.24) is 14.5 Å². The third-order valence-corrected chi connectivity index (χ3v) is 4.07. The number of nitrogens with zero attached hydrogens (tertiary/aromatic N) is 3. The molecule has 2 aliphatic rings. The van der Waals surface area contributed by atoms with Crippen LogP contribution in [0.3, 0.4) is 0 Å². The summed E-state index contributed by atoms with van der Waals surface area (Å²) < 4.78 is 2.29. The SMILES string of the molecule is c1cn2c(n1)CN(CC1CCCCC1)CC2. The maximum Gasteiger partial charge on any atom is 0.122 e. The van der Waals surface area contributed by atoms with Crippen LogP contribution in [0.5, 0.6) is 0 Å². The average Bonchev–Trinajstić information content (AvgIpc) is 2.77. The van der Waals surface area contributed by atoms with Gasteiger partial charge in [-0.1, -0.05) is 19.3 Å². The first-order valence-electron chi connectivity index (χ1n) is 6.64. The van der Waals surface area contributed by atoms with Crippen molar-refractivity contribution in [3.05, 3.63) is 18.2 Å². The second-order valence-corrected chi connectivity index (χ2v) is 5.28. The summed E-state index contributed by atoms with van der Waals surface area (Å²) in [6, 6.07) is 0. The van der Waals surface area contributed by atoms with E-state index in [1.807, 2.05) is 6.20 Å². The number of fused-ring (bicyclic) bond motifs is 1. The molecule has 1 aromatic heterocycles. The van der Waals surface area contributed by atoms with Crippen LogP contribution >= 0.6 is 0 Å². The molecule has 16 heavy (non-hydrogen) atoms. The van der Waals surface area contributed by atoms with E-state index in [1.165, 1.54) is 51.0 Å². The molecule has 1 saturated carbocycles. The molecule has 2 heterocycles. The van der Waals surface area contributed by atoms with Gasteiger partial charge >= 0.3 is 0 Å². The quantitative estimate of drug-likeness (QED) is 0.761. The van der Waals surface area contributed by atoms with Gasteiger partial charge in [0, 0.05) is 32.0 Å². The van der Waals surface area contributed by atoms with Crippen LogP contribution in [-0.4, -0.2) is 27.5 Å². The molecule has 1 aliphatic heterocycles. The van der Waals surface area contributed by atoms with E-state index in [-0.39, 0.29) is 0 Å². The third-order valence-electron chi connectivity index (χ3n) is 4.07. The zero-order valence-corrected chi connectivity index (χ0v) is 9.94. The highest BCUT2D eigenvalue weighted by Crippen LogP contribution is 2.25. The van der Waals surface area contributed by atoms with Gasteiger partial charge in [-0.25, -0.2) is 4.98 Å². The molecular formula is C13H21N3. The molecule has 3 nitrogen and oxygen atoms in total. The van der Waals surface area contributed by atoms with E-state index in [2.05, 4.69) is 20.6 Å². The number of rotatable bonds is 2. The monoisotopic (exact) mass is 219 g/mol. The number of hydrogen-bond acceptors (Lipinski definition) is 2. The van der Waals surface area contributed by atoms with Crippen molar-refractivity contribution >= 4 is 0 Å².